The molecule has 94 valence electrons. The van der Waals surface area contributed by atoms with Crippen LogP contribution in [-0.2, 0) is 4.74 Å². The van der Waals surface area contributed by atoms with Crippen LogP contribution in [0.15, 0.2) is 18.2 Å². The molecule has 1 unspecified atom stereocenters. The molecule has 1 aliphatic rings. The molecular weight excluding hydrogens is 236 g/mol. The Morgan fingerprint density at radius 3 is 3.06 bits per heavy atom. The standard InChI is InChI=1S/C13H19ClN2O/c1-10-3-4-13(12(14)7-10)15-8-11-9-16(2)5-6-17-11/h3-4,7,11,15H,5-6,8-9H2,1-2H3. The maximum Gasteiger partial charge on any atom is 0.0874 e. The number of likely N-dealkylation sites (N-methyl/N-ethyl adjacent to an activating group) is 1. The number of morpholine rings is 1. The maximum atomic E-state index is 6.16. The smallest absolute Gasteiger partial charge is 0.0874 e. The first-order valence-electron chi connectivity index (χ1n) is 5.95. The van der Waals surface area contributed by atoms with Gasteiger partial charge in [0.15, 0.2) is 0 Å². The first kappa shape index (κ1) is 12.7. The van der Waals surface area contributed by atoms with Crippen molar-refractivity contribution in [2.45, 2.75) is 13.0 Å². The highest BCUT2D eigenvalue weighted by Gasteiger charge is 2.17. The topological polar surface area (TPSA) is 24.5 Å². The van der Waals surface area contributed by atoms with Crippen LogP contribution < -0.4 is 5.32 Å². The van der Waals surface area contributed by atoms with Crippen LogP contribution in [0, 0.1) is 6.92 Å². The molecule has 0 bridgehead atoms. The number of rotatable bonds is 3. The zero-order valence-electron chi connectivity index (χ0n) is 10.4. The second-order valence-electron chi connectivity index (χ2n) is 4.62. The Bertz CT molecular complexity index is 384. The number of benzene rings is 1. The minimum Gasteiger partial charge on any atom is -0.381 e. The average molecular weight is 255 g/mol. The van der Waals surface area contributed by atoms with Gasteiger partial charge in [0.2, 0.25) is 0 Å². The monoisotopic (exact) mass is 254 g/mol. The number of aryl methyl sites for hydroxylation is 1. The Balaban J connectivity index is 1.88. The third-order valence-corrected chi connectivity index (χ3v) is 3.30. The first-order chi connectivity index (χ1) is 8.15. The van der Waals surface area contributed by atoms with Crippen LogP contribution in [0.25, 0.3) is 0 Å². The van der Waals surface area contributed by atoms with Crippen molar-refractivity contribution in [1.82, 2.24) is 4.90 Å². The third kappa shape index (κ3) is 3.60. The van der Waals surface area contributed by atoms with Gasteiger partial charge >= 0.3 is 0 Å². The summed E-state index contributed by atoms with van der Waals surface area (Å²) >= 11 is 6.16. The van der Waals surface area contributed by atoms with E-state index in [1.807, 2.05) is 19.1 Å². The van der Waals surface area contributed by atoms with Crippen LogP contribution in [0.3, 0.4) is 0 Å². The highest BCUT2D eigenvalue weighted by molar-refractivity contribution is 6.33. The molecule has 0 aliphatic carbocycles. The Morgan fingerprint density at radius 1 is 1.53 bits per heavy atom. The van der Waals surface area contributed by atoms with Crippen LogP contribution in [0.2, 0.25) is 5.02 Å². The maximum absolute atomic E-state index is 6.16. The van der Waals surface area contributed by atoms with Crippen molar-refractivity contribution in [2.24, 2.45) is 0 Å². The van der Waals surface area contributed by atoms with Gasteiger partial charge in [-0.2, -0.15) is 0 Å². The molecule has 1 saturated heterocycles. The molecule has 17 heavy (non-hydrogen) atoms. The molecule has 1 fully saturated rings. The molecule has 0 aromatic heterocycles. The summed E-state index contributed by atoms with van der Waals surface area (Å²) < 4.78 is 5.69. The fourth-order valence-corrected chi connectivity index (χ4v) is 2.28. The van der Waals surface area contributed by atoms with Gasteiger partial charge < -0.3 is 15.0 Å². The molecule has 1 heterocycles. The van der Waals surface area contributed by atoms with Crippen molar-refractivity contribution in [3.8, 4) is 0 Å². The van der Waals surface area contributed by atoms with Gasteiger partial charge in [-0.1, -0.05) is 17.7 Å². The molecule has 2 rings (SSSR count). The zero-order chi connectivity index (χ0) is 12.3. The van der Waals surface area contributed by atoms with Crippen molar-refractivity contribution >= 4 is 17.3 Å². The van der Waals surface area contributed by atoms with Crippen LogP contribution in [0.4, 0.5) is 5.69 Å². The summed E-state index contributed by atoms with van der Waals surface area (Å²) in [6, 6.07) is 6.05. The second-order valence-corrected chi connectivity index (χ2v) is 5.03. The van der Waals surface area contributed by atoms with Crippen LogP contribution in [0.1, 0.15) is 5.56 Å². The van der Waals surface area contributed by atoms with Crippen molar-refractivity contribution < 1.29 is 4.74 Å². The highest BCUT2D eigenvalue weighted by Crippen LogP contribution is 2.22. The van der Waals surface area contributed by atoms with Crippen LogP contribution in [0.5, 0.6) is 0 Å². The van der Waals surface area contributed by atoms with E-state index in [2.05, 4.69) is 23.3 Å². The van der Waals surface area contributed by atoms with Crippen molar-refractivity contribution in [1.29, 1.82) is 0 Å². The van der Waals surface area contributed by atoms with Crippen LogP contribution in [-0.4, -0.2) is 44.3 Å². The number of hydrogen-bond acceptors (Lipinski definition) is 3. The summed E-state index contributed by atoms with van der Waals surface area (Å²) in [5.74, 6) is 0. The lowest BCUT2D eigenvalue weighted by Crippen LogP contribution is -2.43. The van der Waals surface area contributed by atoms with Crippen molar-refractivity contribution in [3.05, 3.63) is 28.8 Å². The molecule has 3 nitrogen and oxygen atoms in total. The lowest BCUT2D eigenvalue weighted by molar-refractivity contribution is -0.0117. The van der Waals surface area contributed by atoms with E-state index < -0.39 is 0 Å². The molecule has 1 N–H and O–H groups in total. The fourth-order valence-electron chi connectivity index (χ4n) is 1.98. The lowest BCUT2D eigenvalue weighted by atomic mass is 10.2. The fraction of sp³-hybridized carbons (Fsp3) is 0.538. The Kier molecular flexibility index (Phi) is 4.26. The van der Waals surface area contributed by atoms with E-state index in [4.69, 9.17) is 16.3 Å². The summed E-state index contributed by atoms with van der Waals surface area (Å²) in [4.78, 5) is 2.28. The largest absolute Gasteiger partial charge is 0.381 e. The molecule has 4 heteroatoms. The van der Waals surface area contributed by atoms with Gasteiger partial charge in [-0.3, -0.25) is 0 Å². The molecule has 1 aromatic carbocycles. The molecular formula is C13H19ClN2O. The molecule has 0 saturated carbocycles. The quantitative estimate of drug-likeness (QED) is 0.897. The van der Waals surface area contributed by atoms with E-state index in [9.17, 15) is 0 Å². The van der Waals surface area contributed by atoms with Gasteiger partial charge in [0, 0.05) is 19.6 Å². The highest BCUT2D eigenvalue weighted by atomic mass is 35.5. The van der Waals surface area contributed by atoms with Crippen molar-refractivity contribution in [2.75, 3.05) is 38.6 Å². The van der Waals surface area contributed by atoms with Crippen molar-refractivity contribution in [3.63, 3.8) is 0 Å². The molecule has 0 radical (unpaired) electrons. The minimum atomic E-state index is 0.242. The zero-order valence-corrected chi connectivity index (χ0v) is 11.1. The minimum absolute atomic E-state index is 0.242. The SMILES string of the molecule is Cc1ccc(NCC2CN(C)CCO2)c(Cl)c1. The van der Waals surface area contributed by atoms with Gasteiger partial charge in [0.1, 0.15) is 0 Å². The van der Waals surface area contributed by atoms with E-state index in [1.54, 1.807) is 0 Å². The first-order valence-corrected chi connectivity index (χ1v) is 6.33. The lowest BCUT2D eigenvalue weighted by Gasteiger charge is -2.30. The summed E-state index contributed by atoms with van der Waals surface area (Å²) in [7, 11) is 2.12. The number of nitrogens with one attached hydrogen (secondary N) is 1. The number of halogens is 1. The number of nitrogens with zero attached hydrogens (tertiary/aromatic N) is 1. The Morgan fingerprint density at radius 2 is 2.35 bits per heavy atom. The normalized spacial score (nSPS) is 21.5. The summed E-state index contributed by atoms with van der Waals surface area (Å²) in [6.45, 7) is 5.63. The molecule has 1 aromatic rings. The second kappa shape index (κ2) is 5.71. The molecule has 1 aliphatic heterocycles. The number of hydrogen-bond donors (Lipinski definition) is 1. The summed E-state index contributed by atoms with van der Waals surface area (Å²) in [5, 5.41) is 4.12. The molecule has 0 spiro atoms. The Hall–Kier alpha value is -0.770. The van der Waals surface area contributed by atoms with Crippen LogP contribution >= 0.6 is 11.6 Å². The summed E-state index contributed by atoms with van der Waals surface area (Å²) in [5.41, 5.74) is 2.16. The third-order valence-electron chi connectivity index (χ3n) is 2.99. The average Bonchev–Trinajstić information content (AvgIpc) is 2.28. The predicted molar refractivity (Wildman–Crippen MR) is 71.9 cm³/mol. The number of ether oxygens (including phenoxy) is 1. The molecule has 0 amide bonds. The predicted octanol–water partition coefficient (Wildman–Crippen LogP) is 2.39. The van der Waals surface area contributed by atoms with Gasteiger partial charge in [0.05, 0.1) is 23.4 Å². The summed E-state index contributed by atoms with van der Waals surface area (Å²) in [6.07, 6.45) is 0.242. The van der Waals surface area contributed by atoms with Gasteiger partial charge in [-0.25, -0.2) is 0 Å². The van der Waals surface area contributed by atoms with E-state index >= 15 is 0 Å². The van der Waals surface area contributed by atoms with Gasteiger partial charge in [-0.15, -0.1) is 0 Å². The van der Waals surface area contributed by atoms with E-state index in [-0.39, 0.29) is 6.10 Å². The van der Waals surface area contributed by atoms with Gasteiger partial charge in [-0.05, 0) is 31.7 Å². The van der Waals surface area contributed by atoms with E-state index in [0.29, 0.717) is 0 Å². The van der Waals surface area contributed by atoms with Gasteiger partial charge in [0.25, 0.3) is 0 Å². The van der Waals surface area contributed by atoms with E-state index in [0.717, 1.165) is 37.0 Å². The van der Waals surface area contributed by atoms with E-state index in [1.165, 1.54) is 5.56 Å². The Labute approximate surface area is 108 Å². The molecule has 1 atom stereocenters. The number of anilines is 1.